The number of amides is 1. The molecular formula is C26H29ClN2O3S. The van der Waals surface area contributed by atoms with E-state index in [4.69, 9.17) is 11.6 Å². The Bertz CT molecular complexity index is 1220. The molecule has 0 aliphatic carbocycles. The number of nitrogens with one attached hydrogen (secondary N) is 1. The largest absolute Gasteiger partial charge is 0.348 e. The molecule has 1 N–H and O–H groups in total. The zero-order chi connectivity index (χ0) is 24.2. The van der Waals surface area contributed by atoms with E-state index in [1.165, 1.54) is 29.8 Å². The summed E-state index contributed by atoms with van der Waals surface area (Å²) in [5.41, 5.74) is 4.58. The van der Waals surface area contributed by atoms with Gasteiger partial charge < -0.3 is 5.32 Å². The first-order valence-corrected chi connectivity index (χ1v) is 12.7. The van der Waals surface area contributed by atoms with Gasteiger partial charge in [0.05, 0.1) is 16.6 Å². The van der Waals surface area contributed by atoms with E-state index in [9.17, 15) is 13.2 Å². The first-order chi connectivity index (χ1) is 15.6. The predicted octanol–water partition coefficient (Wildman–Crippen LogP) is 5.59. The minimum Gasteiger partial charge on any atom is -0.348 e. The lowest BCUT2D eigenvalue weighted by Crippen LogP contribution is -2.41. The van der Waals surface area contributed by atoms with E-state index in [2.05, 4.69) is 12.2 Å². The van der Waals surface area contributed by atoms with Crippen LogP contribution in [0.25, 0.3) is 0 Å². The molecule has 174 valence electrons. The van der Waals surface area contributed by atoms with Crippen molar-refractivity contribution in [2.75, 3.05) is 10.8 Å². The number of aryl methyl sites for hydroxylation is 3. The van der Waals surface area contributed by atoms with Crippen LogP contribution in [0.15, 0.2) is 71.6 Å². The SMILES string of the molecule is CCc1ccc([C@@H](C)NC(=O)CN(c2ccc(C)c(C)c2)S(=O)(=O)c2ccc(Cl)cc2)cc1. The van der Waals surface area contributed by atoms with Crippen molar-refractivity contribution >= 4 is 33.2 Å². The second kappa shape index (κ2) is 10.4. The molecule has 33 heavy (non-hydrogen) atoms. The Morgan fingerprint density at radius 2 is 1.61 bits per heavy atom. The van der Waals surface area contributed by atoms with Crippen molar-refractivity contribution in [2.45, 2.75) is 45.1 Å². The summed E-state index contributed by atoms with van der Waals surface area (Å²) in [6.45, 7) is 7.49. The summed E-state index contributed by atoms with van der Waals surface area (Å²) in [6, 6.07) is 19.1. The van der Waals surface area contributed by atoms with Crippen molar-refractivity contribution in [3.63, 3.8) is 0 Å². The number of hydrogen-bond acceptors (Lipinski definition) is 3. The molecule has 0 saturated carbocycles. The molecule has 3 aromatic rings. The molecule has 0 unspecified atom stereocenters. The van der Waals surface area contributed by atoms with Crippen LogP contribution in [-0.4, -0.2) is 20.9 Å². The zero-order valence-electron chi connectivity index (χ0n) is 19.3. The molecule has 7 heteroatoms. The van der Waals surface area contributed by atoms with Gasteiger partial charge in [-0.1, -0.05) is 48.9 Å². The Hall–Kier alpha value is -2.83. The van der Waals surface area contributed by atoms with Crippen LogP contribution < -0.4 is 9.62 Å². The van der Waals surface area contributed by atoms with Crippen molar-refractivity contribution in [3.8, 4) is 0 Å². The van der Waals surface area contributed by atoms with Crippen molar-refractivity contribution in [1.82, 2.24) is 5.32 Å². The second-order valence-electron chi connectivity index (χ2n) is 8.12. The van der Waals surface area contributed by atoms with Gasteiger partial charge in [-0.25, -0.2) is 8.42 Å². The van der Waals surface area contributed by atoms with Crippen LogP contribution in [-0.2, 0) is 21.2 Å². The number of benzene rings is 3. The Balaban J connectivity index is 1.89. The summed E-state index contributed by atoms with van der Waals surface area (Å²) in [5.74, 6) is -0.391. The molecule has 0 aliphatic heterocycles. The third-order valence-electron chi connectivity index (χ3n) is 5.73. The van der Waals surface area contributed by atoms with Crippen molar-refractivity contribution in [3.05, 3.63) is 94.0 Å². The number of halogens is 1. The van der Waals surface area contributed by atoms with Crippen LogP contribution in [0.5, 0.6) is 0 Å². The Labute approximate surface area is 201 Å². The predicted molar refractivity (Wildman–Crippen MR) is 134 cm³/mol. The number of rotatable bonds is 8. The number of anilines is 1. The molecule has 0 fully saturated rings. The van der Waals surface area contributed by atoms with Crippen LogP contribution in [0.3, 0.4) is 0 Å². The van der Waals surface area contributed by atoms with Gasteiger partial charge in [0.15, 0.2) is 0 Å². The number of hydrogen-bond donors (Lipinski definition) is 1. The topological polar surface area (TPSA) is 66.5 Å². The molecule has 0 aromatic heterocycles. The van der Waals surface area contributed by atoms with Crippen LogP contribution >= 0.6 is 11.6 Å². The Kier molecular flexibility index (Phi) is 7.82. The summed E-state index contributed by atoms with van der Waals surface area (Å²) in [6.07, 6.45) is 0.939. The third kappa shape index (κ3) is 5.95. The van der Waals surface area contributed by atoms with Gasteiger partial charge in [-0.3, -0.25) is 9.10 Å². The van der Waals surface area contributed by atoms with Crippen LogP contribution in [0.1, 0.15) is 42.1 Å². The molecular weight excluding hydrogens is 456 g/mol. The van der Waals surface area contributed by atoms with Crippen LogP contribution in [0.4, 0.5) is 5.69 Å². The average molecular weight is 485 g/mol. The van der Waals surface area contributed by atoms with Gasteiger partial charge in [-0.2, -0.15) is 0 Å². The standard InChI is InChI=1S/C26H29ClN2O3S/c1-5-21-7-9-22(10-8-21)20(4)28-26(30)17-29(24-13-6-18(2)19(3)16-24)33(31,32)25-14-11-23(27)12-15-25/h6-16,20H,5,17H2,1-4H3,(H,28,30)/t20-/m1/s1. The summed E-state index contributed by atoms with van der Waals surface area (Å²) in [5, 5.41) is 3.36. The Morgan fingerprint density at radius 1 is 0.970 bits per heavy atom. The Morgan fingerprint density at radius 3 is 2.18 bits per heavy atom. The highest BCUT2D eigenvalue weighted by molar-refractivity contribution is 7.92. The van der Waals surface area contributed by atoms with E-state index in [0.717, 1.165) is 27.4 Å². The molecule has 5 nitrogen and oxygen atoms in total. The maximum absolute atomic E-state index is 13.5. The molecule has 0 heterocycles. The molecule has 0 saturated heterocycles. The quantitative estimate of drug-likeness (QED) is 0.453. The highest BCUT2D eigenvalue weighted by atomic mass is 35.5. The van der Waals surface area contributed by atoms with Gasteiger partial charge in [-0.15, -0.1) is 0 Å². The van der Waals surface area contributed by atoms with E-state index >= 15 is 0 Å². The van der Waals surface area contributed by atoms with E-state index < -0.39 is 15.9 Å². The van der Waals surface area contributed by atoms with Gasteiger partial charge in [0, 0.05) is 5.02 Å². The van der Waals surface area contributed by atoms with Crippen molar-refractivity contribution < 1.29 is 13.2 Å². The maximum Gasteiger partial charge on any atom is 0.264 e. The van der Waals surface area contributed by atoms with Crippen LogP contribution in [0.2, 0.25) is 5.02 Å². The highest BCUT2D eigenvalue weighted by Gasteiger charge is 2.28. The number of nitrogens with zero attached hydrogens (tertiary/aromatic N) is 1. The molecule has 0 bridgehead atoms. The summed E-state index contributed by atoms with van der Waals surface area (Å²) < 4.78 is 28.2. The van der Waals surface area contributed by atoms with Gasteiger partial charge in [0.2, 0.25) is 5.91 Å². The molecule has 3 aromatic carbocycles. The molecule has 0 aliphatic rings. The maximum atomic E-state index is 13.5. The van der Waals surface area contributed by atoms with Crippen molar-refractivity contribution in [2.24, 2.45) is 0 Å². The molecule has 0 radical (unpaired) electrons. The molecule has 1 atom stereocenters. The van der Waals surface area contributed by atoms with E-state index in [1.54, 1.807) is 12.1 Å². The lowest BCUT2D eigenvalue weighted by Gasteiger charge is -2.26. The van der Waals surface area contributed by atoms with Crippen molar-refractivity contribution in [1.29, 1.82) is 0 Å². The first kappa shape index (κ1) is 24.8. The normalized spacial score (nSPS) is 12.3. The monoisotopic (exact) mass is 484 g/mol. The lowest BCUT2D eigenvalue weighted by molar-refractivity contribution is -0.120. The van der Waals surface area contributed by atoms with Gasteiger partial charge in [0.1, 0.15) is 6.54 Å². The smallest absolute Gasteiger partial charge is 0.264 e. The summed E-state index contributed by atoms with van der Waals surface area (Å²) >= 11 is 5.94. The minimum atomic E-state index is -3.99. The average Bonchev–Trinajstić information content (AvgIpc) is 2.79. The fourth-order valence-corrected chi connectivity index (χ4v) is 5.01. The first-order valence-electron chi connectivity index (χ1n) is 10.9. The summed E-state index contributed by atoms with van der Waals surface area (Å²) in [7, 11) is -3.99. The highest BCUT2D eigenvalue weighted by Crippen LogP contribution is 2.26. The van der Waals surface area contributed by atoms with E-state index in [0.29, 0.717) is 10.7 Å². The second-order valence-corrected chi connectivity index (χ2v) is 10.4. The number of carbonyl (C=O) groups excluding carboxylic acids is 1. The van der Waals surface area contributed by atoms with E-state index in [1.807, 2.05) is 51.1 Å². The van der Waals surface area contributed by atoms with Crippen LogP contribution in [0, 0.1) is 13.8 Å². The fraction of sp³-hybridized carbons (Fsp3) is 0.269. The molecule has 3 rings (SSSR count). The lowest BCUT2D eigenvalue weighted by atomic mass is 10.1. The third-order valence-corrected chi connectivity index (χ3v) is 7.77. The zero-order valence-corrected chi connectivity index (χ0v) is 20.9. The van der Waals surface area contributed by atoms with Gasteiger partial charge in [0.25, 0.3) is 10.0 Å². The molecule has 0 spiro atoms. The summed E-state index contributed by atoms with van der Waals surface area (Å²) in [4.78, 5) is 13.0. The van der Waals surface area contributed by atoms with E-state index in [-0.39, 0.29) is 17.5 Å². The van der Waals surface area contributed by atoms with Gasteiger partial charge in [-0.05, 0) is 85.8 Å². The molecule has 1 amide bonds. The van der Waals surface area contributed by atoms with Gasteiger partial charge >= 0.3 is 0 Å². The number of sulfonamides is 1. The minimum absolute atomic E-state index is 0.0705. The fourth-order valence-electron chi connectivity index (χ4n) is 3.47. The number of carbonyl (C=O) groups is 1.